The monoisotopic (exact) mass is 418 g/mol. The molecule has 28 heavy (non-hydrogen) atoms. The molecule has 0 aliphatic rings. The van der Waals surface area contributed by atoms with Gasteiger partial charge in [-0.05, 0) is 69.4 Å². The third-order valence-electron chi connectivity index (χ3n) is 4.01. The standard InChI is InChI=1S/C22H30N2O2S2/c1-7-15-10-17(16(8-2)9-3)12-18(11-15)27-20-14-23-19(28-20)13-24-21(25)26-22(4,5)6/h8,10-12,14H,7,9,13H2,1-6H3,(H,24,25)/b16-8-. The van der Waals surface area contributed by atoms with Crippen molar-refractivity contribution in [3.8, 4) is 0 Å². The molecule has 1 aromatic carbocycles. The highest BCUT2D eigenvalue weighted by Gasteiger charge is 2.16. The number of nitrogens with one attached hydrogen (secondary N) is 1. The molecule has 1 amide bonds. The number of allylic oxidation sites excluding steroid dienone is 2. The summed E-state index contributed by atoms with van der Waals surface area (Å²) in [5.41, 5.74) is 3.50. The van der Waals surface area contributed by atoms with Crippen LogP contribution in [0.25, 0.3) is 5.57 Å². The second-order valence-electron chi connectivity index (χ2n) is 7.42. The Kier molecular flexibility index (Phi) is 8.13. The van der Waals surface area contributed by atoms with Gasteiger partial charge in [-0.1, -0.05) is 37.8 Å². The average molecular weight is 419 g/mol. The van der Waals surface area contributed by atoms with Crippen LogP contribution in [-0.4, -0.2) is 16.7 Å². The van der Waals surface area contributed by atoms with E-state index in [9.17, 15) is 4.79 Å². The summed E-state index contributed by atoms with van der Waals surface area (Å²) in [6.07, 6.45) is 5.67. The lowest BCUT2D eigenvalue weighted by atomic mass is 10.0. The zero-order valence-corrected chi connectivity index (χ0v) is 19.2. The van der Waals surface area contributed by atoms with Crippen LogP contribution in [-0.2, 0) is 17.7 Å². The molecule has 1 aromatic heterocycles. The number of aryl methyl sites for hydroxylation is 1. The molecule has 6 heteroatoms. The van der Waals surface area contributed by atoms with Gasteiger partial charge in [0, 0.05) is 4.90 Å². The van der Waals surface area contributed by atoms with Gasteiger partial charge in [-0.2, -0.15) is 0 Å². The summed E-state index contributed by atoms with van der Waals surface area (Å²) in [7, 11) is 0. The Morgan fingerprint density at radius 3 is 2.64 bits per heavy atom. The van der Waals surface area contributed by atoms with Crippen LogP contribution in [0.4, 0.5) is 4.79 Å². The van der Waals surface area contributed by atoms with Gasteiger partial charge in [0.05, 0.1) is 17.0 Å². The number of ether oxygens (including phenoxy) is 1. The number of aromatic nitrogens is 1. The summed E-state index contributed by atoms with van der Waals surface area (Å²) in [6.45, 7) is 12.4. The molecule has 0 atom stereocenters. The molecule has 0 unspecified atom stereocenters. The molecule has 0 spiro atoms. The fourth-order valence-electron chi connectivity index (χ4n) is 2.68. The van der Waals surface area contributed by atoms with Gasteiger partial charge in [-0.3, -0.25) is 0 Å². The second kappa shape index (κ2) is 10.1. The lowest BCUT2D eigenvalue weighted by molar-refractivity contribution is 0.0523. The van der Waals surface area contributed by atoms with Crippen LogP contribution >= 0.6 is 23.1 Å². The van der Waals surface area contributed by atoms with Crippen molar-refractivity contribution >= 4 is 34.8 Å². The van der Waals surface area contributed by atoms with Gasteiger partial charge in [-0.15, -0.1) is 11.3 Å². The minimum absolute atomic E-state index is 0.374. The van der Waals surface area contributed by atoms with E-state index in [1.807, 2.05) is 27.0 Å². The van der Waals surface area contributed by atoms with E-state index >= 15 is 0 Å². The molecule has 0 saturated heterocycles. The first kappa shape index (κ1) is 22.5. The van der Waals surface area contributed by atoms with Gasteiger partial charge in [0.25, 0.3) is 0 Å². The molecule has 2 rings (SSSR count). The predicted molar refractivity (Wildman–Crippen MR) is 119 cm³/mol. The maximum absolute atomic E-state index is 11.8. The Morgan fingerprint density at radius 1 is 1.29 bits per heavy atom. The van der Waals surface area contributed by atoms with Crippen molar-refractivity contribution in [2.75, 3.05) is 0 Å². The smallest absolute Gasteiger partial charge is 0.408 e. The number of hydrogen-bond donors (Lipinski definition) is 1. The Hall–Kier alpha value is -1.79. The van der Waals surface area contributed by atoms with Crippen LogP contribution in [0.5, 0.6) is 0 Å². The van der Waals surface area contributed by atoms with E-state index in [-0.39, 0.29) is 0 Å². The summed E-state index contributed by atoms with van der Waals surface area (Å²) in [5.74, 6) is 0. The number of nitrogens with zero attached hydrogens (tertiary/aromatic N) is 1. The summed E-state index contributed by atoms with van der Waals surface area (Å²) in [5, 5.41) is 3.62. The number of carbonyl (C=O) groups excluding carboxylic acids is 1. The van der Waals surface area contributed by atoms with Crippen LogP contribution < -0.4 is 5.32 Å². The van der Waals surface area contributed by atoms with Crippen LogP contribution in [0, 0.1) is 0 Å². The average Bonchev–Trinajstić information content (AvgIpc) is 3.07. The van der Waals surface area contributed by atoms with Gasteiger partial charge in [-0.25, -0.2) is 9.78 Å². The van der Waals surface area contributed by atoms with E-state index in [0.717, 1.165) is 22.1 Å². The molecule has 1 heterocycles. The third kappa shape index (κ3) is 6.99. The molecule has 4 nitrogen and oxygen atoms in total. The Bertz CT molecular complexity index is 835. The SMILES string of the molecule is C/C=C(/CC)c1cc(CC)cc(Sc2cnc(CNC(=O)OC(C)(C)C)s2)c1. The first-order valence-electron chi connectivity index (χ1n) is 9.63. The lowest BCUT2D eigenvalue weighted by Gasteiger charge is -2.19. The number of amides is 1. The number of alkyl carbamates (subject to hydrolysis) is 1. The summed E-state index contributed by atoms with van der Waals surface area (Å²) in [6, 6.07) is 6.78. The van der Waals surface area contributed by atoms with Crippen LogP contribution in [0.15, 0.2) is 39.6 Å². The Labute approximate surface area is 176 Å². The van der Waals surface area contributed by atoms with Crippen LogP contribution in [0.1, 0.15) is 64.1 Å². The fraction of sp³-hybridized carbons (Fsp3) is 0.455. The summed E-state index contributed by atoms with van der Waals surface area (Å²) in [4.78, 5) is 17.4. The van der Waals surface area contributed by atoms with Crippen molar-refractivity contribution in [3.05, 3.63) is 46.6 Å². The second-order valence-corrected chi connectivity index (χ2v) is 9.91. The molecule has 0 fully saturated rings. The largest absolute Gasteiger partial charge is 0.444 e. The molecule has 1 N–H and O–H groups in total. The third-order valence-corrected chi connectivity index (χ3v) is 6.08. The first-order chi connectivity index (χ1) is 13.2. The highest BCUT2D eigenvalue weighted by molar-refractivity contribution is 8.01. The van der Waals surface area contributed by atoms with Gasteiger partial charge in [0.1, 0.15) is 10.6 Å². The molecular formula is C22H30N2O2S2. The minimum Gasteiger partial charge on any atom is -0.444 e. The van der Waals surface area contributed by atoms with Gasteiger partial charge >= 0.3 is 6.09 Å². The zero-order valence-electron chi connectivity index (χ0n) is 17.6. The van der Waals surface area contributed by atoms with Crippen molar-refractivity contribution < 1.29 is 9.53 Å². The van der Waals surface area contributed by atoms with E-state index in [4.69, 9.17) is 4.74 Å². The van der Waals surface area contributed by atoms with E-state index in [0.29, 0.717) is 6.54 Å². The van der Waals surface area contributed by atoms with Gasteiger partial charge < -0.3 is 10.1 Å². The van der Waals surface area contributed by atoms with Crippen molar-refractivity contribution in [2.45, 2.75) is 75.6 Å². The number of rotatable bonds is 7. The lowest BCUT2D eigenvalue weighted by Crippen LogP contribution is -2.32. The molecular weight excluding hydrogens is 388 g/mol. The van der Waals surface area contributed by atoms with E-state index < -0.39 is 11.7 Å². The van der Waals surface area contributed by atoms with E-state index in [1.54, 1.807) is 23.1 Å². The molecule has 0 aliphatic heterocycles. The van der Waals surface area contributed by atoms with Crippen LogP contribution in [0.2, 0.25) is 0 Å². The highest BCUT2D eigenvalue weighted by Crippen LogP contribution is 2.35. The molecule has 0 aliphatic carbocycles. The molecule has 2 aromatic rings. The predicted octanol–water partition coefficient (Wildman–Crippen LogP) is 6.69. The van der Waals surface area contributed by atoms with Gasteiger partial charge in [0.15, 0.2) is 0 Å². The van der Waals surface area contributed by atoms with Gasteiger partial charge in [0.2, 0.25) is 0 Å². The van der Waals surface area contributed by atoms with Crippen molar-refractivity contribution in [2.24, 2.45) is 0 Å². The molecule has 0 bridgehead atoms. The normalized spacial score (nSPS) is 12.1. The van der Waals surface area contributed by atoms with Crippen LogP contribution in [0.3, 0.4) is 0 Å². The van der Waals surface area contributed by atoms with E-state index in [2.05, 4.69) is 55.3 Å². The van der Waals surface area contributed by atoms with E-state index in [1.165, 1.54) is 21.6 Å². The maximum Gasteiger partial charge on any atom is 0.408 e. The highest BCUT2D eigenvalue weighted by atomic mass is 32.2. The van der Waals surface area contributed by atoms with Crippen molar-refractivity contribution in [3.63, 3.8) is 0 Å². The molecule has 152 valence electrons. The number of carbonyl (C=O) groups is 1. The summed E-state index contributed by atoms with van der Waals surface area (Å²) >= 11 is 3.31. The molecule has 0 saturated carbocycles. The zero-order chi connectivity index (χ0) is 20.7. The number of hydrogen-bond acceptors (Lipinski definition) is 5. The van der Waals surface area contributed by atoms with Crippen molar-refractivity contribution in [1.82, 2.24) is 10.3 Å². The topological polar surface area (TPSA) is 51.2 Å². The minimum atomic E-state index is -0.500. The summed E-state index contributed by atoms with van der Waals surface area (Å²) < 4.78 is 6.37. The maximum atomic E-state index is 11.8. The number of benzene rings is 1. The Balaban J connectivity index is 2.06. The number of thiazole rings is 1. The quantitative estimate of drug-likeness (QED) is 0.544. The first-order valence-corrected chi connectivity index (χ1v) is 11.3. The molecule has 0 radical (unpaired) electrons. The van der Waals surface area contributed by atoms with Crippen molar-refractivity contribution in [1.29, 1.82) is 0 Å². The Morgan fingerprint density at radius 2 is 2.04 bits per heavy atom. The fourth-order valence-corrected chi connectivity index (χ4v) is 4.75.